The van der Waals surface area contributed by atoms with Crippen LogP contribution in [0, 0.1) is 7.14 Å². The third-order valence-corrected chi connectivity index (χ3v) is 4.37. The van der Waals surface area contributed by atoms with E-state index in [-0.39, 0.29) is 38.2 Å². The van der Waals surface area contributed by atoms with Crippen molar-refractivity contribution < 1.29 is 21.2 Å². The zero-order valence-corrected chi connectivity index (χ0v) is 11.4. The lowest BCUT2D eigenvalue weighted by Gasteiger charge is -1.84. The van der Waals surface area contributed by atoms with Crippen LogP contribution in [0.1, 0.15) is 0 Å². The third-order valence-electron chi connectivity index (χ3n) is 1.68. The van der Waals surface area contributed by atoms with E-state index in [1.807, 2.05) is 0 Å². The molecule has 0 aromatic heterocycles. The maximum atomic E-state index is 2.21. The summed E-state index contributed by atoms with van der Waals surface area (Å²) in [5.41, 5.74) is 0. The van der Waals surface area contributed by atoms with E-state index in [4.69, 9.17) is 0 Å². The molecule has 0 aliphatic heterocycles. The average molecular weight is 362 g/mol. The van der Waals surface area contributed by atoms with Gasteiger partial charge >= 0.3 is 21.2 Å². The topological polar surface area (TPSA) is 0 Å². The Hall–Kier alpha value is -0.350. The van der Waals surface area contributed by atoms with Crippen LogP contribution in [0.4, 0.5) is 0 Å². The highest BCUT2D eigenvalue weighted by Crippen LogP contribution is 1.85. The van der Waals surface area contributed by atoms with Crippen molar-refractivity contribution in [1.82, 2.24) is 0 Å². The largest absolute Gasteiger partial charge is 0.357 e. The third kappa shape index (κ3) is 3.42. The number of benzene rings is 2. The number of hydrogen-bond acceptors (Lipinski definition) is 0. The van der Waals surface area contributed by atoms with Gasteiger partial charge in [0.2, 0.25) is 0 Å². The highest BCUT2D eigenvalue weighted by Gasteiger charge is 2.12. The van der Waals surface area contributed by atoms with Gasteiger partial charge in [-0.2, -0.15) is 0 Å². The molecule has 0 fully saturated rings. The van der Waals surface area contributed by atoms with E-state index < -0.39 is 0 Å². The minimum absolute atomic E-state index is 0. The molecule has 0 atom stereocenters. The molecule has 0 radical (unpaired) electrons. The predicted octanol–water partition coefficient (Wildman–Crippen LogP) is 0.393. The molecule has 2 rings (SSSR count). The molecule has 0 nitrogen and oxygen atoms in total. The van der Waals surface area contributed by atoms with Crippen LogP contribution in [0.3, 0.4) is 0 Å². The lowest BCUT2D eigenvalue weighted by atomic mass is 10.4. The summed E-state index contributed by atoms with van der Waals surface area (Å²) in [5, 5.41) is 0. The first kappa shape index (κ1) is 11.7. The molecule has 0 saturated carbocycles. The van der Waals surface area contributed by atoms with Gasteiger partial charge < -0.3 is 0 Å². The van der Waals surface area contributed by atoms with Crippen LogP contribution in [0.25, 0.3) is 0 Å². The molecule has 0 N–H and O–H groups in total. The van der Waals surface area contributed by atoms with Gasteiger partial charge in [-0.05, 0) is 24.3 Å². The SMILES string of the molecule is Br.c1ccc([I+]c2ccccc2)cc1. The van der Waals surface area contributed by atoms with Crippen LogP contribution in [0.5, 0.6) is 0 Å². The molecular formula is C12H11BrI+. The lowest BCUT2D eigenvalue weighted by molar-refractivity contribution is -0.597. The van der Waals surface area contributed by atoms with Crippen LogP contribution in [-0.4, -0.2) is 0 Å². The second-order valence-electron chi connectivity index (χ2n) is 2.69. The predicted molar refractivity (Wildman–Crippen MR) is 60.6 cm³/mol. The quantitative estimate of drug-likeness (QED) is 0.679. The fourth-order valence-electron chi connectivity index (χ4n) is 1.08. The van der Waals surface area contributed by atoms with Crippen molar-refractivity contribution in [2.45, 2.75) is 0 Å². The smallest absolute Gasteiger partial charge is 0.114 e. The van der Waals surface area contributed by atoms with Crippen molar-refractivity contribution >= 4 is 17.0 Å². The monoisotopic (exact) mass is 361 g/mol. The Balaban J connectivity index is 0.000000980. The van der Waals surface area contributed by atoms with Gasteiger partial charge in [0.25, 0.3) is 0 Å². The summed E-state index contributed by atoms with van der Waals surface area (Å²) in [6.45, 7) is 0. The highest BCUT2D eigenvalue weighted by molar-refractivity contribution is 8.93. The summed E-state index contributed by atoms with van der Waals surface area (Å²) in [6, 6.07) is 21.4. The van der Waals surface area contributed by atoms with Gasteiger partial charge in [0.15, 0.2) is 7.14 Å². The first-order valence-electron chi connectivity index (χ1n) is 4.20. The van der Waals surface area contributed by atoms with Crippen molar-refractivity contribution in [3.05, 3.63) is 67.8 Å². The molecule has 0 aliphatic carbocycles. The molecule has 2 heteroatoms. The van der Waals surface area contributed by atoms with E-state index in [0.29, 0.717) is 0 Å². The van der Waals surface area contributed by atoms with Crippen molar-refractivity contribution in [2.24, 2.45) is 0 Å². The van der Waals surface area contributed by atoms with Gasteiger partial charge in [0.05, 0.1) is 0 Å². The van der Waals surface area contributed by atoms with Gasteiger partial charge in [0, 0.05) is 0 Å². The second-order valence-corrected chi connectivity index (χ2v) is 5.72. The number of halogens is 2. The number of rotatable bonds is 2. The molecule has 0 aliphatic rings. The van der Waals surface area contributed by atoms with E-state index in [1.54, 1.807) is 0 Å². The summed E-state index contributed by atoms with van der Waals surface area (Å²) < 4.78 is 2.96. The standard InChI is InChI=1S/C12H10I.BrH/c1-3-7-11(8-4-1)13-12-9-5-2-6-10-12;/h1-10H;1H/q+1;. The van der Waals surface area contributed by atoms with Gasteiger partial charge in [-0.25, -0.2) is 0 Å². The van der Waals surface area contributed by atoms with E-state index in [1.165, 1.54) is 7.14 Å². The second kappa shape index (κ2) is 6.19. The first-order chi connectivity index (χ1) is 6.45. The Labute approximate surface area is 105 Å². The van der Waals surface area contributed by atoms with Crippen molar-refractivity contribution in [3.8, 4) is 0 Å². The average Bonchev–Trinajstić information content (AvgIpc) is 2.21. The molecule has 0 unspecified atom stereocenters. The summed E-state index contributed by atoms with van der Waals surface area (Å²) in [4.78, 5) is 0. The Morgan fingerprint density at radius 2 is 0.929 bits per heavy atom. The zero-order chi connectivity index (χ0) is 8.93. The van der Waals surface area contributed by atoms with Crippen LogP contribution in [0.2, 0.25) is 0 Å². The van der Waals surface area contributed by atoms with E-state index in [9.17, 15) is 0 Å². The fourth-order valence-corrected chi connectivity index (χ4v) is 3.35. The van der Waals surface area contributed by atoms with Crippen LogP contribution in [-0.2, 0) is 0 Å². The molecule has 0 bridgehead atoms. The van der Waals surface area contributed by atoms with E-state index >= 15 is 0 Å². The minimum atomic E-state index is 0. The molecule has 0 heterocycles. The normalized spacial score (nSPS) is 9.14. The van der Waals surface area contributed by atoms with Crippen molar-refractivity contribution in [1.29, 1.82) is 0 Å². The zero-order valence-electron chi connectivity index (χ0n) is 7.56. The number of hydrogen-bond donors (Lipinski definition) is 0. The summed E-state index contributed by atoms with van der Waals surface area (Å²) in [7, 11) is 0. The molecule has 0 amide bonds. The Morgan fingerprint density at radius 3 is 1.29 bits per heavy atom. The van der Waals surface area contributed by atoms with Crippen LogP contribution >= 0.6 is 17.0 Å². The van der Waals surface area contributed by atoms with Gasteiger partial charge in [-0.1, -0.05) is 36.4 Å². The molecule has 0 saturated heterocycles. The molecule has 2 aromatic rings. The maximum absolute atomic E-state index is 2.21. The van der Waals surface area contributed by atoms with Gasteiger partial charge in [-0.15, -0.1) is 17.0 Å². The molecule has 0 spiro atoms. The fraction of sp³-hybridized carbons (Fsp3) is 0. The van der Waals surface area contributed by atoms with E-state index in [0.717, 1.165) is 0 Å². The Morgan fingerprint density at radius 1 is 0.571 bits per heavy atom. The molecule has 72 valence electrons. The lowest BCUT2D eigenvalue weighted by Crippen LogP contribution is -3.61. The first-order valence-corrected chi connectivity index (χ1v) is 6.36. The van der Waals surface area contributed by atoms with Gasteiger partial charge in [-0.3, -0.25) is 0 Å². The van der Waals surface area contributed by atoms with Crippen molar-refractivity contribution in [3.63, 3.8) is 0 Å². The van der Waals surface area contributed by atoms with E-state index in [2.05, 4.69) is 60.7 Å². The summed E-state index contributed by atoms with van der Waals surface area (Å²) in [5.74, 6) is 0. The summed E-state index contributed by atoms with van der Waals surface area (Å²) >= 11 is 0.0287. The van der Waals surface area contributed by atoms with Crippen LogP contribution in [0.15, 0.2) is 60.7 Å². The van der Waals surface area contributed by atoms with Crippen molar-refractivity contribution in [2.75, 3.05) is 0 Å². The molecule has 2 aromatic carbocycles. The molecule has 14 heavy (non-hydrogen) atoms. The Kier molecular flexibility index (Phi) is 5.19. The van der Waals surface area contributed by atoms with Crippen LogP contribution < -0.4 is 21.2 Å². The molecular weight excluding hydrogens is 351 g/mol. The Bertz CT molecular complexity index is 321. The van der Waals surface area contributed by atoms with Gasteiger partial charge in [0.1, 0.15) is 0 Å². The maximum Gasteiger partial charge on any atom is 0.357 e. The highest BCUT2D eigenvalue weighted by atomic mass is 127. The minimum Gasteiger partial charge on any atom is -0.114 e. The summed E-state index contributed by atoms with van der Waals surface area (Å²) in [6.07, 6.45) is 0.